The summed E-state index contributed by atoms with van der Waals surface area (Å²) in [5.41, 5.74) is 0. The SMILES string of the molecule is C=CC(=O)NCC(c1ccco1)N(CC)CC. The van der Waals surface area contributed by atoms with Crippen molar-refractivity contribution in [1.29, 1.82) is 0 Å². The molecule has 4 nitrogen and oxygen atoms in total. The topological polar surface area (TPSA) is 45.5 Å². The van der Waals surface area contributed by atoms with Crippen LogP contribution in [0.5, 0.6) is 0 Å². The lowest BCUT2D eigenvalue weighted by atomic mass is 10.2. The summed E-state index contributed by atoms with van der Waals surface area (Å²) >= 11 is 0. The molecular weight excluding hydrogens is 216 g/mol. The number of hydrogen-bond acceptors (Lipinski definition) is 3. The van der Waals surface area contributed by atoms with Gasteiger partial charge in [0.15, 0.2) is 0 Å². The predicted octanol–water partition coefficient (Wildman–Crippen LogP) is 1.96. The van der Waals surface area contributed by atoms with Crippen LogP contribution in [-0.4, -0.2) is 30.4 Å². The number of likely N-dealkylation sites (N-methyl/N-ethyl adjacent to an activating group) is 1. The number of furan rings is 1. The minimum atomic E-state index is -0.159. The van der Waals surface area contributed by atoms with Crippen LogP contribution in [0.15, 0.2) is 35.5 Å². The van der Waals surface area contributed by atoms with Gasteiger partial charge in [0.25, 0.3) is 0 Å². The van der Waals surface area contributed by atoms with Gasteiger partial charge in [0, 0.05) is 6.54 Å². The van der Waals surface area contributed by atoms with Crippen molar-refractivity contribution in [3.8, 4) is 0 Å². The summed E-state index contributed by atoms with van der Waals surface area (Å²) in [7, 11) is 0. The maximum absolute atomic E-state index is 11.2. The van der Waals surface area contributed by atoms with Crippen LogP contribution in [0.3, 0.4) is 0 Å². The molecule has 4 heteroatoms. The smallest absolute Gasteiger partial charge is 0.243 e. The van der Waals surface area contributed by atoms with Crippen LogP contribution in [0.2, 0.25) is 0 Å². The number of nitrogens with zero attached hydrogens (tertiary/aromatic N) is 1. The molecule has 0 aliphatic heterocycles. The highest BCUT2D eigenvalue weighted by molar-refractivity contribution is 5.86. The molecule has 0 saturated carbocycles. The second-order valence-electron chi connectivity index (χ2n) is 3.70. The Morgan fingerprint density at radius 2 is 2.29 bits per heavy atom. The average molecular weight is 236 g/mol. The van der Waals surface area contributed by atoms with Gasteiger partial charge in [-0.05, 0) is 31.3 Å². The van der Waals surface area contributed by atoms with E-state index in [2.05, 4.69) is 30.6 Å². The lowest BCUT2D eigenvalue weighted by Gasteiger charge is -2.28. The average Bonchev–Trinajstić information content (AvgIpc) is 2.87. The van der Waals surface area contributed by atoms with Crippen molar-refractivity contribution in [2.75, 3.05) is 19.6 Å². The summed E-state index contributed by atoms with van der Waals surface area (Å²) in [4.78, 5) is 13.4. The van der Waals surface area contributed by atoms with Gasteiger partial charge in [-0.15, -0.1) is 0 Å². The van der Waals surface area contributed by atoms with E-state index in [1.165, 1.54) is 6.08 Å². The van der Waals surface area contributed by atoms with E-state index in [1.807, 2.05) is 12.1 Å². The van der Waals surface area contributed by atoms with Gasteiger partial charge in [-0.3, -0.25) is 9.69 Å². The Morgan fingerprint density at radius 1 is 1.59 bits per heavy atom. The van der Waals surface area contributed by atoms with E-state index >= 15 is 0 Å². The summed E-state index contributed by atoms with van der Waals surface area (Å²) in [5, 5.41) is 2.81. The summed E-state index contributed by atoms with van der Waals surface area (Å²) in [6.07, 6.45) is 2.93. The highest BCUT2D eigenvalue weighted by atomic mass is 16.3. The molecule has 94 valence electrons. The van der Waals surface area contributed by atoms with Gasteiger partial charge in [0.1, 0.15) is 5.76 Å². The molecule has 1 heterocycles. The first-order chi connectivity index (χ1) is 8.22. The van der Waals surface area contributed by atoms with Crippen LogP contribution in [-0.2, 0) is 4.79 Å². The molecule has 1 N–H and O–H groups in total. The molecule has 0 spiro atoms. The molecule has 0 aliphatic rings. The molecule has 1 atom stereocenters. The van der Waals surface area contributed by atoms with Crippen LogP contribution in [0, 0.1) is 0 Å². The van der Waals surface area contributed by atoms with E-state index in [-0.39, 0.29) is 11.9 Å². The van der Waals surface area contributed by atoms with E-state index < -0.39 is 0 Å². The van der Waals surface area contributed by atoms with Gasteiger partial charge >= 0.3 is 0 Å². The summed E-state index contributed by atoms with van der Waals surface area (Å²) in [6.45, 7) is 9.97. The predicted molar refractivity (Wildman–Crippen MR) is 67.6 cm³/mol. The fourth-order valence-corrected chi connectivity index (χ4v) is 1.82. The Balaban J connectivity index is 2.72. The summed E-state index contributed by atoms with van der Waals surface area (Å²) in [5.74, 6) is 0.715. The highest BCUT2D eigenvalue weighted by Crippen LogP contribution is 2.19. The van der Waals surface area contributed by atoms with Crippen LogP contribution >= 0.6 is 0 Å². The van der Waals surface area contributed by atoms with E-state index in [0.717, 1.165) is 18.8 Å². The number of hydrogen-bond donors (Lipinski definition) is 1. The van der Waals surface area contributed by atoms with E-state index in [9.17, 15) is 4.79 Å². The third-order valence-corrected chi connectivity index (χ3v) is 2.78. The zero-order valence-electron chi connectivity index (χ0n) is 10.5. The standard InChI is InChI=1S/C13H20N2O2/c1-4-13(16)14-10-11(15(5-2)6-3)12-8-7-9-17-12/h4,7-9,11H,1,5-6,10H2,2-3H3,(H,14,16). The van der Waals surface area contributed by atoms with Crippen molar-refractivity contribution in [3.63, 3.8) is 0 Å². The zero-order chi connectivity index (χ0) is 12.7. The third-order valence-electron chi connectivity index (χ3n) is 2.78. The Hall–Kier alpha value is -1.55. The molecule has 0 bridgehead atoms. The van der Waals surface area contributed by atoms with Crippen molar-refractivity contribution >= 4 is 5.91 Å². The number of carbonyl (C=O) groups is 1. The lowest BCUT2D eigenvalue weighted by Crippen LogP contribution is -2.37. The van der Waals surface area contributed by atoms with Crippen molar-refractivity contribution in [2.24, 2.45) is 0 Å². The number of rotatable bonds is 7. The van der Waals surface area contributed by atoms with E-state index in [1.54, 1.807) is 6.26 Å². The maximum atomic E-state index is 11.2. The van der Waals surface area contributed by atoms with E-state index in [0.29, 0.717) is 6.54 Å². The van der Waals surface area contributed by atoms with Crippen LogP contribution in [0.4, 0.5) is 0 Å². The number of nitrogens with one attached hydrogen (secondary N) is 1. The first-order valence-corrected chi connectivity index (χ1v) is 5.90. The summed E-state index contributed by atoms with van der Waals surface area (Å²) in [6, 6.07) is 3.87. The Labute approximate surface area is 102 Å². The first-order valence-electron chi connectivity index (χ1n) is 5.90. The molecule has 0 saturated heterocycles. The monoisotopic (exact) mass is 236 g/mol. The van der Waals surface area contributed by atoms with E-state index in [4.69, 9.17) is 4.42 Å². The molecule has 0 radical (unpaired) electrons. The Morgan fingerprint density at radius 3 is 2.76 bits per heavy atom. The summed E-state index contributed by atoms with van der Waals surface area (Å²) < 4.78 is 5.43. The second kappa shape index (κ2) is 6.91. The van der Waals surface area contributed by atoms with Crippen molar-refractivity contribution < 1.29 is 9.21 Å². The Bertz CT molecular complexity index is 342. The number of carbonyl (C=O) groups excluding carboxylic acids is 1. The molecule has 0 fully saturated rings. The maximum Gasteiger partial charge on any atom is 0.243 e. The van der Waals surface area contributed by atoms with Gasteiger partial charge in [-0.2, -0.15) is 0 Å². The van der Waals surface area contributed by atoms with Gasteiger partial charge in [-0.25, -0.2) is 0 Å². The zero-order valence-corrected chi connectivity index (χ0v) is 10.5. The second-order valence-corrected chi connectivity index (χ2v) is 3.70. The third kappa shape index (κ3) is 3.75. The van der Waals surface area contributed by atoms with Crippen LogP contribution in [0.1, 0.15) is 25.6 Å². The quantitative estimate of drug-likeness (QED) is 0.736. The molecule has 1 unspecified atom stereocenters. The molecular formula is C13H20N2O2. The molecule has 1 aromatic rings. The fraction of sp³-hybridized carbons (Fsp3) is 0.462. The molecule has 0 aromatic carbocycles. The van der Waals surface area contributed by atoms with Gasteiger partial charge in [-0.1, -0.05) is 20.4 Å². The van der Waals surface area contributed by atoms with Crippen LogP contribution < -0.4 is 5.32 Å². The first kappa shape index (κ1) is 13.5. The molecule has 0 aliphatic carbocycles. The Kier molecular flexibility index (Phi) is 5.49. The largest absolute Gasteiger partial charge is 0.468 e. The normalized spacial score (nSPS) is 12.4. The minimum absolute atomic E-state index is 0.0731. The van der Waals surface area contributed by atoms with Crippen molar-refractivity contribution in [2.45, 2.75) is 19.9 Å². The fourth-order valence-electron chi connectivity index (χ4n) is 1.82. The molecule has 1 amide bonds. The number of amides is 1. The highest BCUT2D eigenvalue weighted by Gasteiger charge is 2.20. The molecule has 1 rings (SSSR count). The van der Waals surface area contributed by atoms with Gasteiger partial charge < -0.3 is 9.73 Å². The van der Waals surface area contributed by atoms with Crippen molar-refractivity contribution in [3.05, 3.63) is 36.8 Å². The molecule has 1 aromatic heterocycles. The minimum Gasteiger partial charge on any atom is -0.468 e. The lowest BCUT2D eigenvalue weighted by molar-refractivity contribution is -0.116. The van der Waals surface area contributed by atoms with Crippen LogP contribution in [0.25, 0.3) is 0 Å². The van der Waals surface area contributed by atoms with Gasteiger partial charge in [0.2, 0.25) is 5.91 Å². The van der Waals surface area contributed by atoms with Gasteiger partial charge in [0.05, 0.1) is 12.3 Å². The molecule has 17 heavy (non-hydrogen) atoms. The van der Waals surface area contributed by atoms with Crippen molar-refractivity contribution in [1.82, 2.24) is 10.2 Å².